The molecule has 0 bridgehead atoms. The first-order chi connectivity index (χ1) is 14.3. The average Bonchev–Trinajstić information content (AvgIpc) is 3.22. The van der Waals surface area contributed by atoms with E-state index in [4.69, 9.17) is 4.74 Å². The van der Waals surface area contributed by atoms with Gasteiger partial charge in [-0.05, 0) is 42.0 Å². The molecule has 0 radical (unpaired) electrons. The number of halogens is 1. The van der Waals surface area contributed by atoms with Gasteiger partial charge in [-0.2, -0.15) is 0 Å². The number of morpholine rings is 1. The van der Waals surface area contributed by atoms with E-state index in [0.29, 0.717) is 0 Å². The van der Waals surface area contributed by atoms with Crippen LogP contribution in [0.3, 0.4) is 0 Å². The molecule has 1 fully saturated rings. The van der Waals surface area contributed by atoms with E-state index in [9.17, 15) is 4.39 Å². The van der Waals surface area contributed by atoms with Crippen LogP contribution in [0.25, 0.3) is 5.69 Å². The number of rotatable bonds is 8. The Hall–Kier alpha value is -2.54. The van der Waals surface area contributed by atoms with Crippen LogP contribution in [-0.2, 0) is 17.8 Å². The first-order valence-electron chi connectivity index (χ1n) is 10.1. The molecule has 152 valence electrons. The standard InChI is InChI=1S/C23H27FN4O/c24-21-5-1-6-22(16-21)28-9-3-7-23(28)19-27(18-20-4-2-8-25-17-20)11-10-26-12-14-29-15-13-26/h1-9,16-17H,10-15,18-19H2. The number of hydrogen-bond acceptors (Lipinski definition) is 4. The minimum atomic E-state index is -0.221. The summed E-state index contributed by atoms with van der Waals surface area (Å²) in [5.41, 5.74) is 3.18. The number of nitrogens with zero attached hydrogens (tertiary/aromatic N) is 4. The molecule has 1 aromatic carbocycles. The zero-order valence-corrected chi connectivity index (χ0v) is 16.6. The van der Waals surface area contributed by atoms with Crippen molar-refractivity contribution < 1.29 is 9.13 Å². The second kappa shape index (κ2) is 9.78. The molecule has 1 aliphatic heterocycles. The van der Waals surface area contributed by atoms with Gasteiger partial charge in [-0.25, -0.2) is 4.39 Å². The monoisotopic (exact) mass is 394 g/mol. The lowest BCUT2D eigenvalue weighted by Crippen LogP contribution is -2.41. The Balaban J connectivity index is 1.49. The molecule has 1 aliphatic rings. The van der Waals surface area contributed by atoms with Gasteiger partial charge in [0.2, 0.25) is 0 Å². The topological polar surface area (TPSA) is 33.5 Å². The highest BCUT2D eigenvalue weighted by Gasteiger charge is 2.15. The lowest BCUT2D eigenvalue weighted by atomic mass is 10.2. The number of pyridine rings is 1. The maximum Gasteiger partial charge on any atom is 0.125 e. The quantitative estimate of drug-likeness (QED) is 0.587. The highest BCUT2D eigenvalue weighted by molar-refractivity contribution is 5.35. The van der Waals surface area contributed by atoms with Crippen LogP contribution < -0.4 is 0 Å². The van der Waals surface area contributed by atoms with Crippen molar-refractivity contribution >= 4 is 0 Å². The highest BCUT2D eigenvalue weighted by Crippen LogP contribution is 2.17. The lowest BCUT2D eigenvalue weighted by Gasteiger charge is -2.30. The molecule has 0 saturated carbocycles. The Bertz CT molecular complexity index is 893. The Labute approximate surface area is 171 Å². The van der Waals surface area contributed by atoms with Crippen LogP contribution in [0.4, 0.5) is 4.39 Å². The van der Waals surface area contributed by atoms with Crippen LogP contribution in [0.15, 0.2) is 67.1 Å². The van der Waals surface area contributed by atoms with Gasteiger partial charge in [0.1, 0.15) is 5.82 Å². The highest BCUT2D eigenvalue weighted by atomic mass is 19.1. The molecule has 0 atom stereocenters. The first kappa shape index (κ1) is 19.8. The van der Waals surface area contributed by atoms with Crippen LogP contribution in [0, 0.1) is 5.82 Å². The predicted octanol–water partition coefficient (Wildman–Crippen LogP) is 3.35. The minimum Gasteiger partial charge on any atom is -0.379 e. The predicted molar refractivity (Wildman–Crippen MR) is 111 cm³/mol. The molecular formula is C23H27FN4O. The third-order valence-corrected chi connectivity index (χ3v) is 5.27. The summed E-state index contributed by atoms with van der Waals surface area (Å²) in [5, 5.41) is 0. The van der Waals surface area contributed by atoms with E-state index in [2.05, 4.69) is 31.5 Å². The summed E-state index contributed by atoms with van der Waals surface area (Å²) in [4.78, 5) is 9.14. The Morgan fingerprint density at radius 2 is 1.93 bits per heavy atom. The molecule has 0 N–H and O–H groups in total. The summed E-state index contributed by atoms with van der Waals surface area (Å²) in [6.45, 7) is 7.15. The molecule has 3 aromatic rings. The van der Waals surface area contributed by atoms with Crippen LogP contribution in [0.2, 0.25) is 0 Å². The van der Waals surface area contributed by atoms with E-state index >= 15 is 0 Å². The van der Waals surface area contributed by atoms with E-state index in [1.54, 1.807) is 18.3 Å². The van der Waals surface area contributed by atoms with Crippen molar-refractivity contribution in [3.05, 3.63) is 84.2 Å². The normalized spacial score (nSPS) is 15.1. The second-order valence-electron chi connectivity index (χ2n) is 7.38. The zero-order chi connectivity index (χ0) is 19.9. The second-order valence-corrected chi connectivity index (χ2v) is 7.38. The molecule has 2 aromatic heterocycles. The minimum absolute atomic E-state index is 0.221. The van der Waals surface area contributed by atoms with Gasteiger partial charge in [-0.3, -0.25) is 14.8 Å². The van der Waals surface area contributed by atoms with E-state index in [1.165, 1.54) is 11.6 Å². The third kappa shape index (κ3) is 5.50. The maximum atomic E-state index is 13.7. The van der Waals surface area contributed by atoms with E-state index in [-0.39, 0.29) is 5.82 Å². The molecule has 4 rings (SSSR count). The Kier molecular flexibility index (Phi) is 6.67. The average molecular weight is 394 g/mol. The van der Waals surface area contributed by atoms with Gasteiger partial charge in [-0.15, -0.1) is 0 Å². The molecule has 1 saturated heterocycles. The summed E-state index contributed by atoms with van der Waals surface area (Å²) in [7, 11) is 0. The molecule has 3 heterocycles. The number of benzene rings is 1. The molecule has 29 heavy (non-hydrogen) atoms. The van der Waals surface area contributed by atoms with Gasteiger partial charge in [-0.1, -0.05) is 12.1 Å². The largest absolute Gasteiger partial charge is 0.379 e. The summed E-state index contributed by atoms with van der Waals surface area (Å²) < 4.78 is 21.2. The molecule has 6 heteroatoms. The van der Waals surface area contributed by atoms with Gasteiger partial charge >= 0.3 is 0 Å². The van der Waals surface area contributed by atoms with Crippen LogP contribution in [0.1, 0.15) is 11.3 Å². The SMILES string of the molecule is Fc1cccc(-n2cccc2CN(CCN2CCOCC2)Cc2cccnc2)c1. The lowest BCUT2D eigenvalue weighted by molar-refractivity contribution is 0.0324. The van der Waals surface area contributed by atoms with Crippen LogP contribution in [0.5, 0.6) is 0 Å². The number of ether oxygens (including phenoxy) is 1. The number of aromatic nitrogens is 2. The third-order valence-electron chi connectivity index (χ3n) is 5.27. The van der Waals surface area contributed by atoms with Crippen LogP contribution >= 0.6 is 0 Å². The molecular weight excluding hydrogens is 367 g/mol. The summed E-state index contributed by atoms with van der Waals surface area (Å²) in [5.74, 6) is -0.221. The molecule has 0 aliphatic carbocycles. The van der Waals surface area contributed by atoms with Crippen molar-refractivity contribution in [3.63, 3.8) is 0 Å². The summed E-state index contributed by atoms with van der Waals surface area (Å²) in [6.07, 6.45) is 5.72. The zero-order valence-electron chi connectivity index (χ0n) is 16.6. The van der Waals surface area contributed by atoms with E-state index in [0.717, 1.165) is 63.9 Å². The fourth-order valence-electron chi connectivity index (χ4n) is 3.72. The fraction of sp³-hybridized carbons (Fsp3) is 0.348. The first-order valence-corrected chi connectivity index (χ1v) is 10.1. The van der Waals surface area contributed by atoms with Gasteiger partial charge in [0.15, 0.2) is 0 Å². The van der Waals surface area contributed by atoms with Crippen molar-refractivity contribution in [1.82, 2.24) is 19.4 Å². The Morgan fingerprint density at radius 1 is 1.03 bits per heavy atom. The Morgan fingerprint density at radius 3 is 2.72 bits per heavy atom. The molecule has 0 spiro atoms. The van der Waals surface area contributed by atoms with Crippen LogP contribution in [-0.4, -0.2) is 58.7 Å². The fourth-order valence-corrected chi connectivity index (χ4v) is 3.72. The smallest absolute Gasteiger partial charge is 0.125 e. The number of hydrogen-bond donors (Lipinski definition) is 0. The summed E-state index contributed by atoms with van der Waals surface area (Å²) in [6, 6.07) is 14.9. The van der Waals surface area contributed by atoms with E-state index in [1.807, 2.05) is 30.6 Å². The summed E-state index contributed by atoms with van der Waals surface area (Å²) >= 11 is 0. The van der Waals surface area contributed by atoms with Gasteiger partial charge in [0.25, 0.3) is 0 Å². The molecule has 0 unspecified atom stereocenters. The molecule has 5 nitrogen and oxygen atoms in total. The van der Waals surface area contributed by atoms with Crippen molar-refractivity contribution in [1.29, 1.82) is 0 Å². The van der Waals surface area contributed by atoms with E-state index < -0.39 is 0 Å². The van der Waals surface area contributed by atoms with Crippen molar-refractivity contribution in [3.8, 4) is 5.69 Å². The van der Waals surface area contributed by atoms with Crippen molar-refractivity contribution in [2.45, 2.75) is 13.1 Å². The van der Waals surface area contributed by atoms with Gasteiger partial charge in [0, 0.05) is 69.2 Å². The van der Waals surface area contributed by atoms with Crippen molar-refractivity contribution in [2.75, 3.05) is 39.4 Å². The van der Waals surface area contributed by atoms with Gasteiger partial charge in [0.05, 0.1) is 13.2 Å². The maximum absolute atomic E-state index is 13.7. The van der Waals surface area contributed by atoms with Gasteiger partial charge < -0.3 is 9.30 Å². The van der Waals surface area contributed by atoms with Crippen molar-refractivity contribution in [2.24, 2.45) is 0 Å². The molecule has 0 amide bonds.